The average Bonchev–Trinajstić information content (AvgIpc) is 3.48. The molecule has 4 aromatic rings. The summed E-state index contributed by atoms with van der Waals surface area (Å²) in [6, 6.07) is 5.33. The van der Waals surface area contributed by atoms with Gasteiger partial charge in [-0.1, -0.05) is 0 Å². The first-order valence-electron chi connectivity index (χ1n) is 12.2. The van der Waals surface area contributed by atoms with Crippen molar-refractivity contribution in [3.05, 3.63) is 76.9 Å². The number of benzene rings is 1. The number of halogens is 1. The third-order valence-electron chi connectivity index (χ3n) is 6.96. The molecule has 0 saturated carbocycles. The highest BCUT2D eigenvalue weighted by Gasteiger charge is 2.32. The Labute approximate surface area is 214 Å². The predicted octanol–water partition coefficient (Wildman–Crippen LogP) is 3.98. The van der Waals surface area contributed by atoms with Crippen LogP contribution in [0.25, 0.3) is 11.1 Å². The van der Waals surface area contributed by atoms with Crippen LogP contribution >= 0.6 is 0 Å². The maximum absolute atomic E-state index is 14.0. The van der Waals surface area contributed by atoms with Gasteiger partial charge in [-0.05, 0) is 49.1 Å². The van der Waals surface area contributed by atoms with E-state index in [4.69, 9.17) is 4.74 Å². The molecule has 4 heterocycles. The fraction of sp³-hybridized carbons (Fsp3) is 0.333. The summed E-state index contributed by atoms with van der Waals surface area (Å²) in [6.45, 7) is 4.96. The topological polar surface area (TPSA) is 90.1 Å². The van der Waals surface area contributed by atoms with E-state index in [1.54, 1.807) is 21.8 Å². The van der Waals surface area contributed by atoms with Crippen molar-refractivity contribution in [2.45, 2.75) is 32.9 Å². The number of carbonyl (C=O) groups excluding carboxylic acids is 1. The van der Waals surface area contributed by atoms with E-state index >= 15 is 0 Å². The Balaban J connectivity index is 1.58. The zero-order chi connectivity index (χ0) is 26.3. The lowest BCUT2D eigenvalue weighted by molar-refractivity contribution is 0.0669. The van der Waals surface area contributed by atoms with Crippen molar-refractivity contribution >= 4 is 11.9 Å². The molecule has 1 aliphatic rings. The SMILES string of the molecule is CNc1nccn1Cc1cc2c(c(-c3cn(C)nc3C)c1)CCN([C@H](C)c1cc(OC)c(F)cn1)C2=O. The molecule has 0 radical (unpaired) electrons. The van der Waals surface area contributed by atoms with Gasteiger partial charge in [0.1, 0.15) is 0 Å². The normalized spacial score (nSPS) is 14.0. The zero-order valence-electron chi connectivity index (χ0n) is 21.6. The van der Waals surface area contributed by atoms with Crippen molar-refractivity contribution in [3.63, 3.8) is 0 Å². The Bertz CT molecular complexity index is 1480. The van der Waals surface area contributed by atoms with Gasteiger partial charge in [0, 0.05) is 56.4 Å². The summed E-state index contributed by atoms with van der Waals surface area (Å²) in [5.41, 5.74) is 6.17. The van der Waals surface area contributed by atoms with Gasteiger partial charge in [-0.15, -0.1) is 0 Å². The molecule has 1 N–H and O–H groups in total. The quantitative estimate of drug-likeness (QED) is 0.410. The molecule has 1 aliphatic heterocycles. The van der Waals surface area contributed by atoms with Crippen molar-refractivity contribution in [2.24, 2.45) is 7.05 Å². The van der Waals surface area contributed by atoms with Crippen LogP contribution in [0.15, 0.2) is 43.0 Å². The van der Waals surface area contributed by atoms with E-state index in [1.165, 1.54) is 7.11 Å². The molecule has 0 unspecified atom stereocenters. The minimum absolute atomic E-state index is 0.0806. The molecule has 9 nitrogen and oxygen atoms in total. The van der Waals surface area contributed by atoms with Crippen LogP contribution in [0.5, 0.6) is 5.75 Å². The molecule has 0 saturated heterocycles. The van der Waals surface area contributed by atoms with E-state index in [-0.39, 0.29) is 17.7 Å². The maximum Gasteiger partial charge on any atom is 0.254 e. The Hall–Kier alpha value is -4.21. The van der Waals surface area contributed by atoms with Crippen molar-refractivity contribution < 1.29 is 13.9 Å². The molecule has 5 rings (SSSR count). The number of aromatic nitrogens is 5. The van der Waals surface area contributed by atoms with Crippen LogP contribution in [-0.4, -0.2) is 55.8 Å². The molecule has 10 heteroatoms. The number of rotatable bonds is 7. The second-order valence-electron chi connectivity index (χ2n) is 9.27. The molecule has 1 amide bonds. The van der Waals surface area contributed by atoms with Crippen molar-refractivity contribution in [3.8, 4) is 16.9 Å². The molecular formula is C27H30FN7O2. The third kappa shape index (κ3) is 4.43. The van der Waals surface area contributed by atoms with Crippen LogP contribution < -0.4 is 10.1 Å². The molecular weight excluding hydrogens is 473 g/mol. The summed E-state index contributed by atoms with van der Waals surface area (Å²) >= 11 is 0. The van der Waals surface area contributed by atoms with Gasteiger partial charge in [0.05, 0.1) is 37.3 Å². The van der Waals surface area contributed by atoms with Gasteiger partial charge < -0.3 is 19.5 Å². The van der Waals surface area contributed by atoms with Gasteiger partial charge in [-0.3, -0.25) is 14.5 Å². The number of fused-ring (bicyclic) bond motifs is 1. The lowest BCUT2D eigenvalue weighted by atomic mass is 9.87. The lowest BCUT2D eigenvalue weighted by Crippen LogP contribution is -2.40. The van der Waals surface area contributed by atoms with E-state index in [9.17, 15) is 9.18 Å². The Morgan fingerprint density at radius 2 is 1.97 bits per heavy atom. The van der Waals surface area contributed by atoms with Crippen LogP contribution in [0.3, 0.4) is 0 Å². The summed E-state index contributed by atoms with van der Waals surface area (Å²) in [4.78, 5) is 24.3. The number of pyridine rings is 1. The van der Waals surface area contributed by atoms with Crippen molar-refractivity contribution in [1.82, 2.24) is 29.2 Å². The Kier molecular flexibility index (Phi) is 6.41. The number of hydrogen-bond donors (Lipinski definition) is 1. The van der Waals surface area contributed by atoms with Gasteiger partial charge >= 0.3 is 0 Å². The molecule has 0 fully saturated rings. The van der Waals surface area contributed by atoms with Crippen LogP contribution in [0.2, 0.25) is 0 Å². The molecule has 37 heavy (non-hydrogen) atoms. The van der Waals surface area contributed by atoms with Crippen LogP contribution in [0.1, 0.15) is 45.8 Å². The monoisotopic (exact) mass is 503 g/mol. The summed E-state index contributed by atoms with van der Waals surface area (Å²) in [6.07, 6.45) is 7.47. The molecule has 1 atom stereocenters. The Morgan fingerprint density at radius 3 is 2.68 bits per heavy atom. The molecule has 0 spiro atoms. The van der Waals surface area contributed by atoms with Gasteiger partial charge in [-0.2, -0.15) is 5.10 Å². The number of nitrogens with one attached hydrogen (secondary N) is 1. The smallest absolute Gasteiger partial charge is 0.254 e. The van der Waals surface area contributed by atoms with E-state index in [0.717, 1.165) is 40.1 Å². The number of aryl methyl sites for hydroxylation is 2. The van der Waals surface area contributed by atoms with Crippen molar-refractivity contribution in [2.75, 3.05) is 26.0 Å². The average molecular weight is 504 g/mol. The number of carbonyl (C=O) groups is 1. The van der Waals surface area contributed by atoms with Crippen LogP contribution in [0.4, 0.5) is 10.3 Å². The fourth-order valence-corrected chi connectivity index (χ4v) is 5.09. The highest BCUT2D eigenvalue weighted by atomic mass is 19.1. The molecule has 1 aromatic carbocycles. The number of imidazole rings is 1. The zero-order valence-corrected chi connectivity index (χ0v) is 21.6. The summed E-state index contributed by atoms with van der Waals surface area (Å²) < 4.78 is 22.9. The van der Waals surface area contributed by atoms with Gasteiger partial charge in [0.15, 0.2) is 11.6 Å². The first kappa shape index (κ1) is 24.5. The van der Waals surface area contributed by atoms with Gasteiger partial charge in [-0.25, -0.2) is 9.37 Å². The Morgan fingerprint density at radius 1 is 1.19 bits per heavy atom. The number of anilines is 1. The third-order valence-corrected chi connectivity index (χ3v) is 6.96. The summed E-state index contributed by atoms with van der Waals surface area (Å²) in [5, 5.41) is 7.64. The number of nitrogens with zero attached hydrogens (tertiary/aromatic N) is 6. The van der Waals surface area contributed by atoms with E-state index in [1.807, 2.05) is 51.0 Å². The van der Waals surface area contributed by atoms with Crippen molar-refractivity contribution in [1.29, 1.82) is 0 Å². The first-order chi connectivity index (χ1) is 17.8. The van der Waals surface area contributed by atoms with E-state index < -0.39 is 5.82 Å². The predicted molar refractivity (Wildman–Crippen MR) is 138 cm³/mol. The number of hydrogen-bond acceptors (Lipinski definition) is 6. The standard InChI is InChI=1S/C27H30FN7O2/c1-16-22(15-33(4)32-16)20-10-18(14-34-9-7-30-27(34)29-3)11-21-19(20)6-8-35(26(21)36)17(2)24-12-25(37-5)23(28)13-31-24/h7,9-13,15,17H,6,8,14H2,1-5H3,(H,29,30)/t17-/m1/s1. The fourth-order valence-electron chi connectivity index (χ4n) is 5.09. The van der Waals surface area contributed by atoms with Gasteiger partial charge in [0.25, 0.3) is 5.91 Å². The van der Waals surface area contributed by atoms with Crippen LogP contribution in [-0.2, 0) is 20.0 Å². The minimum atomic E-state index is -0.532. The molecule has 192 valence electrons. The molecule has 0 bridgehead atoms. The number of amides is 1. The minimum Gasteiger partial charge on any atom is -0.494 e. The highest BCUT2D eigenvalue weighted by Crippen LogP contribution is 2.36. The number of methoxy groups -OCH3 is 1. The van der Waals surface area contributed by atoms with E-state index in [2.05, 4.69) is 26.4 Å². The number of ether oxygens (including phenoxy) is 1. The van der Waals surface area contributed by atoms with Crippen LogP contribution in [0, 0.1) is 12.7 Å². The molecule has 0 aliphatic carbocycles. The maximum atomic E-state index is 14.0. The first-order valence-corrected chi connectivity index (χ1v) is 12.2. The lowest BCUT2D eigenvalue weighted by Gasteiger charge is -2.34. The van der Waals surface area contributed by atoms with E-state index in [0.29, 0.717) is 30.8 Å². The molecule has 3 aromatic heterocycles. The van der Waals surface area contributed by atoms with Gasteiger partial charge in [0.2, 0.25) is 5.95 Å². The summed E-state index contributed by atoms with van der Waals surface area (Å²) in [5.74, 6) is 0.243. The highest BCUT2D eigenvalue weighted by molar-refractivity contribution is 5.99. The largest absolute Gasteiger partial charge is 0.494 e. The second-order valence-corrected chi connectivity index (χ2v) is 9.27. The second kappa shape index (κ2) is 9.68. The summed E-state index contributed by atoms with van der Waals surface area (Å²) in [7, 11) is 5.14.